The summed E-state index contributed by atoms with van der Waals surface area (Å²) in [7, 11) is 3.23. The average Bonchev–Trinajstić information content (AvgIpc) is 2.92. The summed E-state index contributed by atoms with van der Waals surface area (Å²) < 4.78 is 15.8. The maximum atomic E-state index is 5.38. The molecule has 0 atom stereocenters. The molecule has 0 spiro atoms. The predicted molar refractivity (Wildman–Crippen MR) is 70.0 cm³/mol. The molecule has 0 aliphatic carbocycles. The summed E-state index contributed by atoms with van der Waals surface area (Å²) in [6, 6.07) is 5.79. The molecule has 0 aliphatic heterocycles. The second kappa shape index (κ2) is 6.44. The highest BCUT2D eigenvalue weighted by Gasteiger charge is 2.08. The summed E-state index contributed by atoms with van der Waals surface area (Å²) in [6.07, 6.45) is 0. The van der Waals surface area contributed by atoms with Gasteiger partial charge in [-0.05, 0) is 17.7 Å². The van der Waals surface area contributed by atoms with E-state index in [1.165, 1.54) is 11.8 Å². The first-order valence-corrected chi connectivity index (χ1v) is 6.70. The molecular weight excluding hydrogens is 266 g/mol. The molecule has 2 aromatic rings. The molecule has 0 fully saturated rings. The lowest BCUT2D eigenvalue weighted by Crippen LogP contribution is -2.47. The number of quaternary nitrogens is 1. The van der Waals surface area contributed by atoms with Crippen LogP contribution in [-0.4, -0.2) is 24.4 Å². The van der Waals surface area contributed by atoms with Crippen LogP contribution >= 0.6 is 11.8 Å². The summed E-state index contributed by atoms with van der Waals surface area (Å²) in [6.45, 7) is 0.504. The minimum atomic E-state index is 0.504. The highest BCUT2D eigenvalue weighted by Crippen LogP contribution is 2.30. The van der Waals surface area contributed by atoms with Crippen LogP contribution in [0.2, 0.25) is 0 Å². The van der Waals surface area contributed by atoms with Crippen LogP contribution in [0.15, 0.2) is 27.8 Å². The SMILES string of the molecule is COc1ccc(CSc2nnc(C[NH3+])o2)cc1OC. The lowest BCUT2D eigenvalue weighted by molar-refractivity contribution is -0.391. The zero-order chi connectivity index (χ0) is 13.7. The standard InChI is InChI=1S/C12H15N3O3S/c1-16-9-4-3-8(5-10(9)17-2)7-19-12-15-14-11(6-13)18-12/h3-5H,6-7,13H2,1-2H3/p+1. The smallest absolute Gasteiger partial charge is 0.277 e. The molecule has 7 heteroatoms. The van der Waals surface area contributed by atoms with Gasteiger partial charge >= 0.3 is 0 Å². The number of ether oxygens (including phenoxy) is 2. The summed E-state index contributed by atoms with van der Waals surface area (Å²) in [5, 5.41) is 8.34. The third-order valence-electron chi connectivity index (χ3n) is 2.47. The van der Waals surface area contributed by atoms with Gasteiger partial charge in [-0.15, -0.1) is 10.2 Å². The number of aromatic nitrogens is 2. The van der Waals surface area contributed by atoms with Crippen molar-refractivity contribution in [3.05, 3.63) is 29.7 Å². The lowest BCUT2D eigenvalue weighted by Gasteiger charge is -2.08. The Hall–Kier alpha value is -1.73. The molecule has 3 N–H and O–H groups in total. The Morgan fingerprint density at radius 2 is 2.00 bits per heavy atom. The van der Waals surface area contributed by atoms with Crippen molar-refractivity contribution in [3.63, 3.8) is 0 Å². The Morgan fingerprint density at radius 3 is 2.63 bits per heavy atom. The minimum absolute atomic E-state index is 0.504. The molecule has 102 valence electrons. The van der Waals surface area contributed by atoms with Crippen LogP contribution in [0.3, 0.4) is 0 Å². The predicted octanol–water partition coefficient (Wildman–Crippen LogP) is 1.12. The third kappa shape index (κ3) is 3.39. The molecule has 0 radical (unpaired) electrons. The number of methoxy groups -OCH3 is 2. The zero-order valence-electron chi connectivity index (χ0n) is 10.9. The molecule has 0 saturated heterocycles. The molecule has 19 heavy (non-hydrogen) atoms. The van der Waals surface area contributed by atoms with Crippen LogP contribution in [0.25, 0.3) is 0 Å². The Balaban J connectivity index is 2.03. The van der Waals surface area contributed by atoms with Gasteiger partial charge in [0, 0.05) is 5.75 Å². The van der Waals surface area contributed by atoms with Crippen molar-refractivity contribution in [2.24, 2.45) is 0 Å². The zero-order valence-corrected chi connectivity index (χ0v) is 11.7. The third-order valence-corrected chi connectivity index (χ3v) is 3.36. The largest absolute Gasteiger partial charge is 0.493 e. The summed E-state index contributed by atoms with van der Waals surface area (Å²) in [4.78, 5) is 0. The number of hydrogen-bond acceptors (Lipinski definition) is 6. The monoisotopic (exact) mass is 282 g/mol. The Kier molecular flexibility index (Phi) is 4.64. The van der Waals surface area contributed by atoms with Gasteiger partial charge in [-0.3, -0.25) is 0 Å². The molecule has 0 bridgehead atoms. The molecule has 6 nitrogen and oxygen atoms in total. The van der Waals surface area contributed by atoms with Gasteiger partial charge in [-0.2, -0.15) is 0 Å². The van der Waals surface area contributed by atoms with Crippen LogP contribution < -0.4 is 15.2 Å². The van der Waals surface area contributed by atoms with E-state index in [4.69, 9.17) is 13.9 Å². The highest BCUT2D eigenvalue weighted by atomic mass is 32.2. The van der Waals surface area contributed by atoms with E-state index in [-0.39, 0.29) is 0 Å². The van der Waals surface area contributed by atoms with Gasteiger partial charge in [0.25, 0.3) is 11.1 Å². The van der Waals surface area contributed by atoms with Crippen LogP contribution in [0, 0.1) is 0 Å². The number of hydrogen-bond donors (Lipinski definition) is 1. The first-order chi connectivity index (χ1) is 9.26. The van der Waals surface area contributed by atoms with Crippen LogP contribution in [-0.2, 0) is 12.3 Å². The van der Waals surface area contributed by atoms with Crippen molar-refractivity contribution in [2.75, 3.05) is 14.2 Å². The molecule has 0 saturated carbocycles. The van der Waals surface area contributed by atoms with Crippen LogP contribution in [0.1, 0.15) is 11.5 Å². The Morgan fingerprint density at radius 1 is 1.21 bits per heavy atom. The average molecular weight is 282 g/mol. The second-order valence-electron chi connectivity index (χ2n) is 3.69. The fourth-order valence-electron chi connectivity index (χ4n) is 1.51. The number of thioether (sulfide) groups is 1. The molecule has 0 amide bonds. The molecule has 1 aromatic heterocycles. The van der Waals surface area contributed by atoms with Crippen molar-refractivity contribution in [1.82, 2.24) is 10.2 Å². The maximum absolute atomic E-state index is 5.38. The van der Waals surface area contributed by atoms with Gasteiger partial charge < -0.3 is 19.6 Å². The highest BCUT2D eigenvalue weighted by molar-refractivity contribution is 7.98. The molecule has 1 heterocycles. The van der Waals surface area contributed by atoms with E-state index < -0.39 is 0 Å². The van der Waals surface area contributed by atoms with Gasteiger partial charge in [0.05, 0.1) is 14.2 Å². The molecule has 1 aromatic carbocycles. The number of nitrogens with zero attached hydrogens (tertiary/aromatic N) is 2. The van der Waals surface area contributed by atoms with Crippen LogP contribution in [0.4, 0.5) is 0 Å². The fourth-order valence-corrected chi connectivity index (χ4v) is 2.24. The van der Waals surface area contributed by atoms with E-state index >= 15 is 0 Å². The number of benzene rings is 1. The van der Waals surface area contributed by atoms with Gasteiger partial charge in [-0.25, -0.2) is 0 Å². The van der Waals surface area contributed by atoms with E-state index in [0.717, 1.165) is 11.3 Å². The quantitative estimate of drug-likeness (QED) is 0.799. The van der Waals surface area contributed by atoms with Gasteiger partial charge in [-0.1, -0.05) is 17.8 Å². The molecular formula is C12H16N3O3S+. The fraction of sp³-hybridized carbons (Fsp3) is 0.333. The summed E-state index contributed by atoms with van der Waals surface area (Å²) >= 11 is 1.48. The Bertz CT molecular complexity index is 545. The maximum Gasteiger partial charge on any atom is 0.277 e. The second-order valence-corrected chi connectivity index (χ2v) is 4.62. The lowest BCUT2D eigenvalue weighted by atomic mass is 10.2. The molecule has 0 unspecified atom stereocenters. The summed E-state index contributed by atoms with van der Waals surface area (Å²) in [5.74, 6) is 2.70. The van der Waals surface area contributed by atoms with Gasteiger partial charge in [0.15, 0.2) is 18.0 Å². The number of rotatable bonds is 6. The topological polar surface area (TPSA) is 85.0 Å². The van der Waals surface area contributed by atoms with Crippen molar-refractivity contribution in [3.8, 4) is 11.5 Å². The van der Waals surface area contributed by atoms with Crippen LogP contribution in [0.5, 0.6) is 11.5 Å². The normalized spacial score (nSPS) is 10.5. The van der Waals surface area contributed by atoms with E-state index in [1.54, 1.807) is 14.2 Å². The van der Waals surface area contributed by atoms with E-state index in [9.17, 15) is 0 Å². The van der Waals surface area contributed by atoms with Crippen molar-refractivity contribution in [2.45, 2.75) is 17.5 Å². The summed E-state index contributed by atoms with van der Waals surface area (Å²) in [5.41, 5.74) is 4.79. The van der Waals surface area contributed by atoms with Gasteiger partial charge in [0.1, 0.15) is 0 Å². The molecule has 0 aliphatic rings. The Labute approximate surface area is 115 Å². The minimum Gasteiger partial charge on any atom is -0.493 e. The van der Waals surface area contributed by atoms with Crippen molar-refractivity contribution >= 4 is 11.8 Å². The van der Waals surface area contributed by atoms with E-state index in [2.05, 4.69) is 15.9 Å². The first-order valence-electron chi connectivity index (χ1n) is 5.72. The first kappa shape index (κ1) is 13.7. The van der Waals surface area contributed by atoms with E-state index in [0.29, 0.717) is 29.2 Å². The van der Waals surface area contributed by atoms with E-state index in [1.807, 2.05) is 18.2 Å². The molecule has 2 rings (SSSR count). The van der Waals surface area contributed by atoms with Crippen molar-refractivity contribution < 1.29 is 19.6 Å². The van der Waals surface area contributed by atoms with Crippen molar-refractivity contribution in [1.29, 1.82) is 0 Å². The van der Waals surface area contributed by atoms with Gasteiger partial charge in [0.2, 0.25) is 0 Å².